The molecule has 0 saturated carbocycles. The van der Waals surface area contributed by atoms with Crippen LogP contribution >= 0.6 is 23.1 Å². The van der Waals surface area contributed by atoms with Crippen molar-refractivity contribution < 1.29 is 28.8 Å². The normalized spacial score (nSPS) is 20.2. The molecule has 2 saturated heterocycles. The van der Waals surface area contributed by atoms with Crippen molar-refractivity contribution in [1.82, 2.24) is 20.2 Å². The van der Waals surface area contributed by atoms with Crippen LogP contribution in [0.4, 0.5) is 5.13 Å². The van der Waals surface area contributed by atoms with Crippen molar-refractivity contribution in [2.75, 3.05) is 17.6 Å². The second kappa shape index (κ2) is 14.6. The highest BCUT2D eigenvalue weighted by Crippen LogP contribution is 2.44. The number of rotatable bonds is 13. The van der Waals surface area contributed by atoms with Crippen LogP contribution < -0.4 is 10.6 Å². The molecule has 2 aromatic carbocycles. The Kier molecular flexibility index (Phi) is 9.92. The summed E-state index contributed by atoms with van der Waals surface area (Å²) >= 11 is 2.46. The van der Waals surface area contributed by atoms with Gasteiger partial charge >= 0.3 is 5.97 Å². The number of hydrogen-bond acceptors (Lipinski definition) is 11. The van der Waals surface area contributed by atoms with Crippen LogP contribution in [0, 0.1) is 5.41 Å². The standard InChI is InChI=1S/C34H30N6O6S2/c1-2-34(32(44)46-28(23-11-5-3-6-12-23)24-13-7-4-8-14-24)19-40-30(43)27(31(40)48-20-34)38-29(42)26(25-18-47-33(37-25)36-21-41)39-45-17-22-10-9-15-35-16-22/h2-16,18,21,27-28,31H,1,17,19-20H2,(H,38,42)(H,36,37,41)/t27?,31-,34?/m1/s1. The van der Waals surface area contributed by atoms with Crippen LogP contribution in [0.5, 0.6) is 0 Å². The Balaban J connectivity index is 1.15. The van der Waals surface area contributed by atoms with Gasteiger partial charge in [0.15, 0.2) is 16.9 Å². The van der Waals surface area contributed by atoms with E-state index in [4.69, 9.17) is 9.57 Å². The molecule has 14 heteroatoms. The number of thiazole rings is 1. The molecule has 0 radical (unpaired) electrons. The summed E-state index contributed by atoms with van der Waals surface area (Å²) < 4.78 is 6.16. The number of carbonyl (C=O) groups is 4. The third kappa shape index (κ3) is 6.85. The van der Waals surface area contributed by atoms with Gasteiger partial charge in [-0.05, 0) is 17.2 Å². The molecule has 6 rings (SSSR count). The van der Waals surface area contributed by atoms with E-state index in [9.17, 15) is 19.2 Å². The number of benzene rings is 2. The van der Waals surface area contributed by atoms with E-state index in [-0.39, 0.29) is 41.3 Å². The molecule has 3 atom stereocenters. The number of β-lactam (4-membered cyclic amide) rings is 1. The number of nitrogens with zero attached hydrogens (tertiary/aromatic N) is 4. The molecule has 0 spiro atoms. The van der Waals surface area contributed by atoms with Crippen LogP contribution in [-0.2, 0) is 35.4 Å². The molecule has 2 fully saturated rings. The summed E-state index contributed by atoms with van der Waals surface area (Å²) in [5.74, 6) is -1.25. The summed E-state index contributed by atoms with van der Waals surface area (Å²) in [6, 6.07) is 21.6. The predicted molar refractivity (Wildman–Crippen MR) is 181 cm³/mol. The van der Waals surface area contributed by atoms with E-state index < -0.39 is 34.8 Å². The smallest absolute Gasteiger partial charge is 0.319 e. The highest BCUT2D eigenvalue weighted by molar-refractivity contribution is 8.00. The van der Waals surface area contributed by atoms with Crippen LogP contribution in [0.3, 0.4) is 0 Å². The topological polar surface area (TPSA) is 152 Å². The van der Waals surface area contributed by atoms with Gasteiger partial charge in [0.1, 0.15) is 29.1 Å². The first-order valence-corrected chi connectivity index (χ1v) is 16.8. The molecule has 2 unspecified atom stereocenters. The number of aromatic nitrogens is 2. The van der Waals surface area contributed by atoms with Crippen molar-refractivity contribution in [3.05, 3.63) is 126 Å². The molecule has 0 bridgehead atoms. The Bertz CT molecular complexity index is 1780. The fraction of sp³-hybridized carbons (Fsp3) is 0.206. The lowest BCUT2D eigenvalue weighted by Crippen LogP contribution is -2.73. The second-order valence-electron chi connectivity index (χ2n) is 11.0. The lowest BCUT2D eigenvalue weighted by molar-refractivity contribution is -0.162. The largest absolute Gasteiger partial charge is 0.452 e. The molecule has 4 heterocycles. The maximum absolute atomic E-state index is 13.9. The number of amides is 3. The summed E-state index contributed by atoms with van der Waals surface area (Å²) in [5.41, 5.74) is 1.19. The molecule has 2 aromatic heterocycles. The monoisotopic (exact) mass is 682 g/mol. The van der Waals surface area contributed by atoms with Gasteiger partial charge in [-0.2, -0.15) is 0 Å². The first-order chi connectivity index (χ1) is 23.4. The average Bonchev–Trinajstić information content (AvgIpc) is 3.60. The summed E-state index contributed by atoms with van der Waals surface area (Å²) in [4.78, 5) is 67.0. The first-order valence-electron chi connectivity index (χ1n) is 14.8. The minimum atomic E-state index is -1.16. The Hall–Kier alpha value is -5.34. The van der Waals surface area contributed by atoms with E-state index in [0.717, 1.165) is 28.0 Å². The van der Waals surface area contributed by atoms with E-state index in [2.05, 4.69) is 32.3 Å². The van der Waals surface area contributed by atoms with Crippen molar-refractivity contribution in [2.24, 2.45) is 10.6 Å². The zero-order valence-corrected chi connectivity index (χ0v) is 27.1. The second-order valence-corrected chi connectivity index (χ2v) is 12.9. The van der Waals surface area contributed by atoms with Crippen LogP contribution in [0.2, 0.25) is 0 Å². The SMILES string of the molecule is C=CC1(C(=O)OC(c2ccccc2)c2ccccc2)CS[C@@H]2C(NC(=O)C(=NOCc3cccnc3)c3csc(NC=O)n3)C(=O)N2C1. The maximum Gasteiger partial charge on any atom is 0.319 e. The van der Waals surface area contributed by atoms with Crippen molar-refractivity contribution in [2.45, 2.75) is 24.1 Å². The number of fused-ring (bicyclic) bond motifs is 1. The zero-order chi connectivity index (χ0) is 33.5. The van der Waals surface area contributed by atoms with Gasteiger partial charge in [0, 0.05) is 35.6 Å². The minimum absolute atomic E-state index is 0.0396. The van der Waals surface area contributed by atoms with Crippen LogP contribution in [0.15, 0.2) is 108 Å². The molecule has 2 aliphatic rings. The van der Waals surface area contributed by atoms with E-state index in [1.54, 1.807) is 40.9 Å². The van der Waals surface area contributed by atoms with E-state index in [1.807, 2.05) is 60.7 Å². The van der Waals surface area contributed by atoms with E-state index in [0.29, 0.717) is 6.41 Å². The molecule has 4 aromatic rings. The molecule has 0 aliphatic carbocycles. The van der Waals surface area contributed by atoms with Gasteiger partial charge in [-0.1, -0.05) is 78.0 Å². The lowest BCUT2D eigenvalue weighted by atomic mass is 9.87. The number of esters is 1. The molecular weight excluding hydrogens is 653 g/mol. The Labute approximate surface area is 284 Å². The zero-order valence-electron chi connectivity index (χ0n) is 25.4. The van der Waals surface area contributed by atoms with Crippen LogP contribution in [0.25, 0.3) is 0 Å². The van der Waals surface area contributed by atoms with Crippen molar-refractivity contribution in [3.63, 3.8) is 0 Å². The summed E-state index contributed by atoms with van der Waals surface area (Å²) in [6.07, 6.45) is 4.60. The van der Waals surface area contributed by atoms with Gasteiger partial charge in [0.2, 0.25) is 12.3 Å². The minimum Gasteiger partial charge on any atom is -0.452 e. The van der Waals surface area contributed by atoms with Gasteiger partial charge in [-0.15, -0.1) is 29.7 Å². The Morgan fingerprint density at radius 1 is 1.10 bits per heavy atom. The van der Waals surface area contributed by atoms with Gasteiger partial charge in [-0.25, -0.2) is 4.98 Å². The molecule has 244 valence electrons. The van der Waals surface area contributed by atoms with E-state index in [1.165, 1.54) is 11.8 Å². The van der Waals surface area contributed by atoms with Crippen molar-refractivity contribution in [3.8, 4) is 0 Å². The summed E-state index contributed by atoms with van der Waals surface area (Å²) in [7, 11) is 0. The van der Waals surface area contributed by atoms with Gasteiger partial charge in [0.05, 0.1) is 0 Å². The lowest BCUT2D eigenvalue weighted by Gasteiger charge is -2.53. The molecule has 2 aliphatic heterocycles. The number of hydrogen-bond donors (Lipinski definition) is 2. The van der Waals surface area contributed by atoms with Gasteiger partial charge in [-0.3, -0.25) is 24.2 Å². The highest BCUT2D eigenvalue weighted by Gasteiger charge is 2.57. The number of carbonyl (C=O) groups excluding carboxylic acids is 4. The summed E-state index contributed by atoms with van der Waals surface area (Å²) in [5, 5.41) is 10.6. The molecule has 48 heavy (non-hydrogen) atoms. The number of thioether (sulfide) groups is 1. The van der Waals surface area contributed by atoms with Gasteiger partial charge < -0.3 is 25.1 Å². The predicted octanol–water partition coefficient (Wildman–Crippen LogP) is 3.93. The van der Waals surface area contributed by atoms with Crippen LogP contribution in [0.1, 0.15) is 28.5 Å². The number of ether oxygens (including phenoxy) is 1. The van der Waals surface area contributed by atoms with Crippen LogP contribution in [-0.4, -0.2) is 68.5 Å². The molecule has 2 N–H and O–H groups in total. The molecular formula is C34H30N6O6S2. The highest BCUT2D eigenvalue weighted by atomic mass is 32.2. The third-order valence-electron chi connectivity index (χ3n) is 7.87. The van der Waals surface area contributed by atoms with E-state index >= 15 is 0 Å². The summed E-state index contributed by atoms with van der Waals surface area (Å²) in [6.45, 7) is 4.03. The quantitative estimate of drug-likeness (QED) is 0.0534. The molecule has 3 amide bonds. The number of anilines is 1. The third-order valence-corrected chi connectivity index (χ3v) is 10.2. The average molecular weight is 683 g/mol. The van der Waals surface area contributed by atoms with Crippen molar-refractivity contribution in [1.29, 1.82) is 0 Å². The Morgan fingerprint density at radius 2 is 1.83 bits per heavy atom. The molecule has 12 nitrogen and oxygen atoms in total. The fourth-order valence-electron chi connectivity index (χ4n) is 5.30. The Morgan fingerprint density at radius 3 is 2.48 bits per heavy atom. The number of pyridine rings is 1. The van der Waals surface area contributed by atoms with Crippen molar-refractivity contribution >= 4 is 58.1 Å². The fourth-order valence-corrected chi connectivity index (χ4v) is 7.49. The number of nitrogens with one attached hydrogen (secondary N) is 2. The maximum atomic E-state index is 13.9. The first kappa shape index (κ1) is 32.6. The van der Waals surface area contributed by atoms with Gasteiger partial charge in [0.25, 0.3) is 5.91 Å². The number of oxime groups is 1.